The maximum Gasteiger partial charge on any atom is 0.320 e. The van der Waals surface area contributed by atoms with Gasteiger partial charge in [0.15, 0.2) is 0 Å². The Morgan fingerprint density at radius 3 is 2.58 bits per heavy atom. The van der Waals surface area contributed by atoms with Crippen LogP contribution in [0.2, 0.25) is 0 Å². The van der Waals surface area contributed by atoms with Crippen molar-refractivity contribution in [3.05, 3.63) is 53.2 Å². The smallest absolute Gasteiger partial charge is 0.320 e. The molecule has 0 fully saturated rings. The minimum atomic E-state index is -0.351. The van der Waals surface area contributed by atoms with Gasteiger partial charge >= 0.3 is 6.03 Å². The molecular weight excluding hydrogens is 332 g/mol. The number of pyridine rings is 1. The zero-order valence-electron chi connectivity index (χ0n) is 15.5. The first-order valence-corrected chi connectivity index (χ1v) is 8.26. The Morgan fingerprint density at radius 2 is 1.96 bits per heavy atom. The molecule has 0 aliphatic rings. The summed E-state index contributed by atoms with van der Waals surface area (Å²) in [7, 11) is 4.97. The Hall–Kier alpha value is -3.09. The normalized spacial score (nSPS) is 10.2. The summed E-state index contributed by atoms with van der Waals surface area (Å²) in [5.41, 5.74) is 2.65. The molecule has 3 amide bonds. The molecule has 0 aliphatic heterocycles. The molecule has 0 spiro atoms. The van der Waals surface area contributed by atoms with Gasteiger partial charge in [0.1, 0.15) is 11.6 Å². The van der Waals surface area contributed by atoms with Crippen molar-refractivity contribution in [2.24, 2.45) is 0 Å². The van der Waals surface area contributed by atoms with Crippen molar-refractivity contribution >= 4 is 17.8 Å². The molecule has 2 rings (SSSR count). The summed E-state index contributed by atoms with van der Waals surface area (Å²) in [6.07, 6.45) is 2.09. The van der Waals surface area contributed by atoms with Crippen molar-refractivity contribution < 1.29 is 14.3 Å². The monoisotopic (exact) mass is 356 g/mol. The molecule has 2 aromatic rings. The van der Waals surface area contributed by atoms with Gasteiger partial charge in [0, 0.05) is 26.8 Å². The molecule has 0 saturated heterocycles. The molecule has 0 aliphatic carbocycles. The molecular formula is C19H24N4O3. The Labute approximate surface area is 153 Å². The number of benzene rings is 1. The van der Waals surface area contributed by atoms with Gasteiger partial charge < -0.3 is 15.0 Å². The molecule has 0 atom stereocenters. The number of ether oxygens (including phenoxy) is 1. The Bertz CT molecular complexity index is 773. The fourth-order valence-electron chi connectivity index (χ4n) is 2.43. The Kier molecular flexibility index (Phi) is 6.54. The van der Waals surface area contributed by atoms with Crippen LogP contribution in [0.4, 0.5) is 10.6 Å². The van der Waals surface area contributed by atoms with Gasteiger partial charge in [-0.05, 0) is 37.1 Å². The van der Waals surface area contributed by atoms with Gasteiger partial charge in [-0.25, -0.2) is 9.78 Å². The number of amides is 3. The van der Waals surface area contributed by atoms with Crippen LogP contribution in [0.25, 0.3) is 0 Å². The van der Waals surface area contributed by atoms with E-state index in [4.69, 9.17) is 4.74 Å². The van der Waals surface area contributed by atoms with Crippen LogP contribution >= 0.6 is 0 Å². The fourth-order valence-corrected chi connectivity index (χ4v) is 2.43. The summed E-state index contributed by atoms with van der Waals surface area (Å²) < 4.78 is 5.33. The molecule has 0 saturated carbocycles. The molecule has 7 nitrogen and oxygen atoms in total. The highest BCUT2D eigenvalue weighted by molar-refractivity contribution is 5.94. The lowest BCUT2D eigenvalue weighted by Gasteiger charge is -2.12. The summed E-state index contributed by atoms with van der Waals surface area (Å²) in [6, 6.07) is 8.82. The highest BCUT2D eigenvalue weighted by atomic mass is 16.5. The number of methoxy groups -OCH3 is 1. The summed E-state index contributed by atoms with van der Waals surface area (Å²) in [4.78, 5) is 29.3. The first kappa shape index (κ1) is 19.2. The number of aryl methyl sites for hydroxylation is 1. The van der Waals surface area contributed by atoms with Crippen LogP contribution in [0.5, 0.6) is 5.75 Å². The van der Waals surface area contributed by atoms with E-state index < -0.39 is 0 Å². The van der Waals surface area contributed by atoms with Gasteiger partial charge in [-0.15, -0.1) is 0 Å². The third-order valence-corrected chi connectivity index (χ3v) is 3.77. The first-order valence-electron chi connectivity index (χ1n) is 8.26. The molecule has 26 heavy (non-hydrogen) atoms. The van der Waals surface area contributed by atoms with Crippen molar-refractivity contribution in [2.45, 2.75) is 13.3 Å². The van der Waals surface area contributed by atoms with E-state index in [1.165, 1.54) is 11.1 Å². The zero-order valence-corrected chi connectivity index (χ0v) is 15.5. The highest BCUT2D eigenvalue weighted by Crippen LogP contribution is 2.19. The second-order valence-electron chi connectivity index (χ2n) is 6.08. The molecule has 0 unspecified atom stereocenters. The number of carbonyl (C=O) groups excluding carboxylic acids is 2. The summed E-state index contributed by atoms with van der Waals surface area (Å²) in [5.74, 6) is 1.05. The molecule has 7 heteroatoms. The number of aromatic nitrogens is 1. The van der Waals surface area contributed by atoms with E-state index in [-0.39, 0.29) is 11.9 Å². The lowest BCUT2D eigenvalue weighted by atomic mass is 10.1. The van der Waals surface area contributed by atoms with E-state index in [9.17, 15) is 9.59 Å². The van der Waals surface area contributed by atoms with E-state index in [0.717, 1.165) is 16.9 Å². The third kappa shape index (κ3) is 5.20. The van der Waals surface area contributed by atoms with Gasteiger partial charge in [-0.2, -0.15) is 0 Å². The van der Waals surface area contributed by atoms with Gasteiger partial charge in [-0.3, -0.25) is 10.1 Å². The molecule has 138 valence electrons. The summed E-state index contributed by atoms with van der Waals surface area (Å²) in [6.45, 7) is 2.47. The minimum Gasteiger partial charge on any atom is -0.496 e. The molecule has 2 N–H and O–H groups in total. The number of hydrogen-bond donors (Lipinski definition) is 2. The van der Waals surface area contributed by atoms with E-state index >= 15 is 0 Å². The number of rotatable bonds is 6. The van der Waals surface area contributed by atoms with Gasteiger partial charge in [0.2, 0.25) is 0 Å². The van der Waals surface area contributed by atoms with E-state index in [0.29, 0.717) is 24.3 Å². The SMILES string of the molecule is COc1ccc(C)cc1CCNC(=O)Nc1ccc(C(=O)N(C)C)cn1. The van der Waals surface area contributed by atoms with Crippen LogP contribution in [-0.4, -0.2) is 49.6 Å². The average Bonchev–Trinajstić information content (AvgIpc) is 2.62. The second-order valence-corrected chi connectivity index (χ2v) is 6.08. The highest BCUT2D eigenvalue weighted by Gasteiger charge is 2.09. The fraction of sp³-hybridized carbons (Fsp3) is 0.316. The number of nitrogens with zero attached hydrogens (tertiary/aromatic N) is 2. The van der Waals surface area contributed by atoms with Gasteiger partial charge in [-0.1, -0.05) is 17.7 Å². The van der Waals surface area contributed by atoms with Crippen molar-refractivity contribution in [1.29, 1.82) is 0 Å². The number of carbonyl (C=O) groups is 2. The van der Waals surface area contributed by atoms with E-state index in [2.05, 4.69) is 15.6 Å². The van der Waals surface area contributed by atoms with E-state index in [1.54, 1.807) is 33.3 Å². The van der Waals surface area contributed by atoms with Crippen LogP contribution in [0.3, 0.4) is 0 Å². The number of nitrogens with one attached hydrogen (secondary N) is 2. The Morgan fingerprint density at radius 1 is 1.19 bits per heavy atom. The van der Waals surface area contributed by atoms with Crippen LogP contribution < -0.4 is 15.4 Å². The van der Waals surface area contributed by atoms with E-state index in [1.807, 2.05) is 25.1 Å². The number of hydrogen-bond acceptors (Lipinski definition) is 4. The van der Waals surface area contributed by atoms with Gasteiger partial charge in [0.25, 0.3) is 5.91 Å². The zero-order chi connectivity index (χ0) is 19.1. The van der Waals surface area contributed by atoms with Crippen LogP contribution in [0.1, 0.15) is 21.5 Å². The maximum atomic E-state index is 12.0. The van der Waals surface area contributed by atoms with Crippen molar-refractivity contribution in [3.8, 4) is 5.75 Å². The lowest BCUT2D eigenvalue weighted by molar-refractivity contribution is 0.0827. The lowest BCUT2D eigenvalue weighted by Crippen LogP contribution is -2.31. The van der Waals surface area contributed by atoms with Crippen molar-refractivity contribution in [3.63, 3.8) is 0 Å². The quantitative estimate of drug-likeness (QED) is 0.833. The molecule has 0 bridgehead atoms. The largest absolute Gasteiger partial charge is 0.496 e. The van der Waals surface area contributed by atoms with Crippen LogP contribution in [-0.2, 0) is 6.42 Å². The topological polar surface area (TPSA) is 83.6 Å². The first-order chi connectivity index (χ1) is 12.4. The molecule has 1 aromatic heterocycles. The maximum absolute atomic E-state index is 12.0. The minimum absolute atomic E-state index is 0.138. The van der Waals surface area contributed by atoms with Crippen molar-refractivity contribution in [2.75, 3.05) is 33.1 Å². The third-order valence-electron chi connectivity index (χ3n) is 3.77. The molecule has 1 aromatic carbocycles. The molecule has 1 heterocycles. The standard InChI is InChI=1S/C19H24N4O3/c1-13-5-7-16(26-4)14(11-13)9-10-20-19(25)22-17-8-6-15(12-21-17)18(24)23(2)3/h5-8,11-12H,9-10H2,1-4H3,(H2,20,21,22,25). The number of anilines is 1. The van der Waals surface area contributed by atoms with Crippen molar-refractivity contribution in [1.82, 2.24) is 15.2 Å². The average molecular weight is 356 g/mol. The van der Waals surface area contributed by atoms with Gasteiger partial charge in [0.05, 0.1) is 12.7 Å². The predicted octanol–water partition coefficient (Wildman–Crippen LogP) is 2.46. The second kappa shape index (κ2) is 8.84. The summed E-state index contributed by atoms with van der Waals surface area (Å²) in [5, 5.41) is 5.43. The molecule has 0 radical (unpaired) electrons. The number of urea groups is 1. The Balaban J connectivity index is 1.86. The van der Waals surface area contributed by atoms with Crippen LogP contribution in [0.15, 0.2) is 36.5 Å². The summed E-state index contributed by atoms with van der Waals surface area (Å²) >= 11 is 0. The predicted molar refractivity (Wildman–Crippen MR) is 101 cm³/mol. The van der Waals surface area contributed by atoms with Crippen LogP contribution in [0, 0.1) is 6.92 Å².